The van der Waals surface area contributed by atoms with Gasteiger partial charge in [0.2, 0.25) is 0 Å². The van der Waals surface area contributed by atoms with E-state index in [0.717, 1.165) is 22.3 Å². The molecule has 0 fully saturated rings. The number of hydrogen-bond acceptors (Lipinski definition) is 5. The molecule has 1 aromatic heterocycles. The molecule has 31 heavy (non-hydrogen) atoms. The summed E-state index contributed by atoms with van der Waals surface area (Å²) in [5, 5.41) is 6.18. The maximum absolute atomic E-state index is 12.5. The Hall–Kier alpha value is -3.87. The Morgan fingerprint density at radius 2 is 1.90 bits per heavy atom. The van der Waals surface area contributed by atoms with Gasteiger partial charge in [0.05, 0.1) is 18.4 Å². The molecule has 0 saturated carbocycles. The van der Waals surface area contributed by atoms with Crippen molar-refractivity contribution in [1.29, 1.82) is 0 Å². The number of amides is 1. The number of carbonyl (C=O) groups excluding carboxylic acids is 2. The molecule has 1 heterocycles. The fraction of sp³-hybridized carbons (Fsp3) is 0.208. The Morgan fingerprint density at radius 3 is 2.58 bits per heavy atom. The van der Waals surface area contributed by atoms with Crippen LogP contribution in [0.2, 0.25) is 0 Å². The number of nitrogens with zero attached hydrogens (tertiary/aromatic N) is 2. The van der Waals surface area contributed by atoms with Gasteiger partial charge in [0.15, 0.2) is 0 Å². The molecule has 7 nitrogen and oxygen atoms in total. The highest BCUT2D eigenvalue weighted by Crippen LogP contribution is 2.19. The third-order valence-corrected chi connectivity index (χ3v) is 4.84. The third kappa shape index (κ3) is 5.60. The van der Waals surface area contributed by atoms with Gasteiger partial charge in [-0.15, -0.1) is 0 Å². The smallest absolute Gasteiger partial charge is 0.339 e. The molecule has 3 aromatic rings. The number of benzene rings is 2. The molecule has 2 aromatic carbocycles. The van der Waals surface area contributed by atoms with E-state index >= 15 is 0 Å². The van der Waals surface area contributed by atoms with Gasteiger partial charge in [0.25, 0.3) is 5.91 Å². The Labute approximate surface area is 181 Å². The summed E-state index contributed by atoms with van der Waals surface area (Å²) in [6.07, 6.45) is 5.92. The van der Waals surface area contributed by atoms with E-state index in [0.29, 0.717) is 30.7 Å². The van der Waals surface area contributed by atoms with Gasteiger partial charge in [-0.1, -0.05) is 30.3 Å². The predicted molar refractivity (Wildman–Crippen MR) is 120 cm³/mol. The summed E-state index contributed by atoms with van der Waals surface area (Å²) in [7, 11) is 1.60. The van der Waals surface area contributed by atoms with E-state index in [9.17, 15) is 9.59 Å². The number of nitrogens with two attached hydrogens (primary N) is 1. The van der Waals surface area contributed by atoms with Gasteiger partial charge < -0.3 is 20.5 Å². The largest absolute Gasteiger partial charge is 0.462 e. The molecule has 1 amide bonds. The number of aromatic nitrogens is 1. The van der Waals surface area contributed by atoms with E-state index in [2.05, 4.69) is 10.4 Å². The minimum atomic E-state index is -0.345. The lowest BCUT2D eigenvalue weighted by Crippen LogP contribution is -2.17. The zero-order valence-electron chi connectivity index (χ0n) is 17.7. The Morgan fingerprint density at radius 1 is 1.13 bits per heavy atom. The van der Waals surface area contributed by atoms with Gasteiger partial charge in [-0.25, -0.2) is 4.79 Å². The van der Waals surface area contributed by atoms with Gasteiger partial charge in [-0.3, -0.25) is 4.79 Å². The molecule has 0 radical (unpaired) electrons. The maximum atomic E-state index is 12.5. The highest BCUT2D eigenvalue weighted by atomic mass is 16.5. The second-order valence-corrected chi connectivity index (χ2v) is 7.07. The van der Waals surface area contributed by atoms with Crippen molar-refractivity contribution in [2.45, 2.75) is 19.9 Å². The molecule has 0 saturated heterocycles. The highest BCUT2D eigenvalue weighted by Gasteiger charge is 2.16. The van der Waals surface area contributed by atoms with Crippen molar-refractivity contribution in [2.24, 2.45) is 10.9 Å². The standard InChI is InChI=1S/C24H26N4O3/c1-3-31-24(30)22-16-28(14-19-6-4-5-18(11-19)13-27-25)15-21(22)12-17-7-9-20(10-8-17)23(29)26-2/h4-11,13,15-16H,3,12,14,25H2,1-2H3,(H,26,29). The zero-order chi connectivity index (χ0) is 22.2. The summed E-state index contributed by atoms with van der Waals surface area (Å²) in [5.41, 5.74) is 4.97. The van der Waals surface area contributed by atoms with Crippen LogP contribution in [0.3, 0.4) is 0 Å². The average Bonchev–Trinajstić information content (AvgIpc) is 3.16. The van der Waals surface area contributed by atoms with Crippen LogP contribution in [0.4, 0.5) is 0 Å². The summed E-state index contributed by atoms with van der Waals surface area (Å²) < 4.78 is 7.22. The quantitative estimate of drug-likeness (QED) is 0.254. The van der Waals surface area contributed by atoms with E-state index in [-0.39, 0.29) is 11.9 Å². The molecule has 7 heteroatoms. The minimum Gasteiger partial charge on any atom is -0.462 e. The topological polar surface area (TPSA) is 98.7 Å². The normalized spacial score (nSPS) is 10.9. The average molecular weight is 418 g/mol. The highest BCUT2D eigenvalue weighted by molar-refractivity contribution is 5.94. The molecule has 0 unspecified atom stereocenters. The van der Waals surface area contributed by atoms with E-state index in [1.54, 1.807) is 32.3 Å². The summed E-state index contributed by atoms with van der Waals surface area (Å²) >= 11 is 0. The van der Waals surface area contributed by atoms with Crippen LogP contribution in [-0.4, -0.2) is 36.3 Å². The van der Waals surface area contributed by atoms with Crippen molar-refractivity contribution < 1.29 is 14.3 Å². The van der Waals surface area contributed by atoms with E-state index in [4.69, 9.17) is 10.6 Å². The Bertz CT molecular complexity index is 1080. The first-order chi connectivity index (χ1) is 15.0. The fourth-order valence-corrected chi connectivity index (χ4v) is 3.39. The second-order valence-electron chi connectivity index (χ2n) is 7.07. The first kappa shape index (κ1) is 21.8. The van der Waals surface area contributed by atoms with E-state index in [1.165, 1.54) is 0 Å². The van der Waals surface area contributed by atoms with Crippen LogP contribution < -0.4 is 11.2 Å². The van der Waals surface area contributed by atoms with Gasteiger partial charge in [-0.2, -0.15) is 5.10 Å². The molecule has 0 atom stereocenters. The Balaban J connectivity index is 1.86. The van der Waals surface area contributed by atoms with Crippen molar-refractivity contribution in [3.05, 3.63) is 94.3 Å². The molecule has 0 aliphatic rings. The number of rotatable bonds is 8. The molecule has 0 spiro atoms. The first-order valence-corrected chi connectivity index (χ1v) is 10.0. The zero-order valence-corrected chi connectivity index (χ0v) is 17.7. The van der Waals surface area contributed by atoms with Crippen LogP contribution >= 0.6 is 0 Å². The fourth-order valence-electron chi connectivity index (χ4n) is 3.39. The van der Waals surface area contributed by atoms with Crippen molar-refractivity contribution >= 4 is 18.1 Å². The number of hydrazone groups is 1. The summed E-state index contributed by atoms with van der Waals surface area (Å²) in [6, 6.07) is 15.2. The van der Waals surface area contributed by atoms with Crippen molar-refractivity contribution in [3.8, 4) is 0 Å². The molecular formula is C24H26N4O3. The van der Waals surface area contributed by atoms with Crippen molar-refractivity contribution in [1.82, 2.24) is 9.88 Å². The van der Waals surface area contributed by atoms with Gasteiger partial charge in [0, 0.05) is 31.5 Å². The van der Waals surface area contributed by atoms with Crippen LogP contribution in [-0.2, 0) is 17.7 Å². The Kier molecular flexibility index (Phi) is 7.22. The second kappa shape index (κ2) is 10.2. The number of hydrogen-bond donors (Lipinski definition) is 2. The minimum absolute atomic E-state index is 0.133. The molecule has 0 aliphatic carbocycles. The third-order valence-electron chi connectivity index (χ3n) is 4.84. The van der Waals surface area contributed by atoms with Crippen molar-refractivity contribution in [2.75, 3.05) is 13.7 Å². The van der Waals surface area contributed by atoms with Crippen LogP contribution in [0.25, 0.3) is 0 Å². The SMILES string of the molecule is CCOC(=O)c1cn(Cc2cccc(C=NN)c2)cc1Cc1ccc(C(=O)NC)cc1. The number of carbonyl (C=O) groups is 2. The van der Waals surface area contributed by atoms with E-state index in [1.807, 2.05) is 53.4 Å². The molecule has 3 N–H and O–H groups in total. The first-order valence-electron chi connectivity index (χ1n) is 10.0. The van der Waals surface area contributed by atoms with Crippen LogP contribution in [0, 0.1) is 0 Å². The number of ether oxygens (including phenoxy) is 1. The summed E-state index contributed by atoms with van der Waals surface area (Å²) in [6.45, 7) is 2.69. The monoisotopic (exact) mass is 418 g/mol. The van der Waals surface area contributed by atoms with Crippen LogP contribution in [0.1, 0.15) is 49.9 Å². The summed E-state index contributed by atoms with van der Waals surface area (Å²) in [5.74, 6) is 4.77. The molecular weight excluding hydrogens is 392 g/mol. The number of nitrogens with one attached hydrogen (secondary N) is 1. The van der Waals surface area contributed by atoms with Gasteiger partial charge in [-0.05, 0) is 53.8 Å². The molecule has 0 aliphatic heterocycles. The predicted octanol–water partition coefficient (Wildman–Crippen LogP) is 2.96. The van der Waals surface area contributed by atoms with Crippen LogP contribution in [0.15, 0.2) is 66.0 Å². The lowest BCUT2D eigenvalue weighted by Gasteiger charge is -2.05. The molecule has 3 rings (SSSR count). The number of esters is 1. The molecule has 160 valence electrons. The maximum Gasteiger partial charge on any atom is 0.339 e. The lowest BCUT2D eigenvalue weighted by molar-refractivity contribution is 0.0525. The van der Waals surface area contributed by atoms with Crippen LogP contribution in [0.5, 0.6) is 0 Å². The molecule has 0 bridgehead atoms. The lowest BCUT2D eigenvalue weighted by atomic mass is 10.0. The van der Waals surface area contributed by atoms with Crippen molar-refractivity contribution in [3.63, 3.8) is 0 Å². The van der Waals surface area contributed by atoms with Gasteiger partial charge >= 0.3 is 5.97 Å². The van der Waals surface area contributed by atoms with E-state index < -0.39 is 0 Å². The summed E-state index contributed by atoms with van der Waals surface area (Å²) in [4.78, 5) is 24.3. The van der Waals surface area contributed by atoms with Gasteiger partial charge in [0.1, 0.15) is 0 Å².